The van der Waals surface area contributed by atoms with Crippen LogP contribution in [0.2, 0.25) is 0 Å². The molecular formula is C33H40FN3O4S. The minimum atomic E-state index is -4.13. The van der Waals surface area contributed by atoms with Crippen LogP contribution in [-0.2, 0) is 26.2 Å². The number of rotatable bonds is 11. The van der Waals surface area contributed by atoms with Gasteiger partial charge in [0.15, 0.2) is 0 Å². The predicted octanol–water partition coefficient (Wildman–Crippen LogP) is 5.89. The third-order valence-electron chi connectivity index (χ3n) is 7.71. The Kier molecular flexibility index (Phi) is 10.4. The zero-order chi connectivity index (χ0) is 30.3. The van der Waals surface area contributed by atoms with Crippen molar-refractivity contribution in [3.63, 3.8) is 0 Å². The lowest BCUT2D eigenvalue weighted by Gasteiger charge is -2.34. The highest BCUT2D eigenvalue weighted by molar-refractivity contribution is 7.92. The SMILES string of the molecule is CCC(C(=O)NC1CCCCC1)N(Cc1ccc(F)cc1)C(=O)CN(c1cc(C)cc(C)c1)S(=O)(=O)c1ccccc1. The quantitative estimate of drug-likeness (QED) is 0.300. The average Bonchev–Trinajstić information content (AvgIpc) is 2.97. The first-order valence-corrected chi connectivity index (χ1v) is 16.0. The van der Waals surface area contributed by atoms with Crippen molar-refractivity contribution in [2.75, 3.05) is 10.8 Å². The summed E-state index contributed by atoms with van der Waals surface area (Å²) in [6.07, 6.45) is 5.35. The molecule has 0 heterocycles. The van der Waals surface area contributed by atoms with Gasteiger partial charge in [-0.1, -0.05) is 62.6 Å². The number of hydrogen-bond donors (Lipinski definition) is 1. The second kappa shape index (κ2) is 14.0. The van der Waals surface area contributed by atoms with E-state index in [-0.39, 0.29) is 23.4 Å². The van der Waals surface area contributed by atoms with Crippen LogP contribution in [0.1, 0.15) is 62.1 Å². The summed E-state index contributed by atoms with van der Waals surface area (Å²) in [5.41, 5.74) is 2.71. The number of carbonyl (C=O) groups is 2. The molecule has 7 nitrogen and oxygen atoms in total. The summed E-state index contributed by atoms with van der Waals surface area (Å²) in [5, 5.41) is 3.13. The van der Waals surface area contributed by atoms with Gasteiger partial charge in [0.1, 0.15) is 18.4 Å². The number of carbonyl (C=O) groups excluding carboxylic acids is 2. The van der Waals surface area contributed by atoms with Crippen LogP contribution in [0.25, 0.3) is 0 Å². The van der Waals surface area contributed by atoms with Gasteiger partial charge in [-0.05, 0) is 86.2 Å². The fourth-order valence-electron chi connectivity index (χ4n) is 5.59. The predicted molar refractivity (Wildman–Crippen MR) is 163 cm³/mol. The molecule has 2 amide bonds. The molecule has 1 aliphatic carbocycles. The van der Waals surface area contributed by atoms with Crippen molar-refractivity contribution in [1.29, 1.82) is 0 Å². The molecule has 0 spiro atoms. The Morgan fingerprint density at radius 2 is 1.55 bits per heavy atom. The third-order valence-corrected chi connectivity index (χ3v) is 9.50. The Bertz CT molecular complexity index is 1450. The van der Waals surface area contributed by atoms with E-state index in [2.05, 4.69) is 5.32 Å². The first-order chi connectivity index (χ1) is 20.1. The zero-order valence-corrected chi connectivity index (χ0v) is 25.4. The van der Waals surface area contributed by atoms with E-state index >= 15 is 0 Å². The molecule has 3 aromatic carbocycles. The largest absolute Gasteiger partial charge is 0.352 e. The lowest BCUT2D eigenvalue weighted by Crippen LogP contribution is -2.54. The summed E-state index contributed by atoms with van der Waals surface area (Å²) in [4.78, 5) is 29.3. The van der Waals surface area contributed by atoms with Crippen LogP contribution in [0.5, 0.6) is 0 Å². The van der Waals surface area contributed by atoms with Crippen molar-refractivity contribution in [2.45, 2.75) is 82.8 Å². The molecule has 0 saturated heterocycles. The van der Waals surface area contributed by atoms with Crippen molar-refractivity contribution in [3.05, 3.63) is 95.3 Å². The van der Waals surface area contributed by atoms with E-state index in [1.54, 1.807) is 42.5 Å². The molecule has 42 heavy (non-hydrogen) atoms. The summed E-state index contributed by atoms with van der Waals surface area (Å²) in [7, 11) is -4.13. The molecule has 1 atom stereocenters. The number of benzene rings is 3. The van der Waals surface area contributed by atoms with E-state index < -0.39 is 34.3 Å². The normalized spacial score (nSPS) is 14.7. The highest BCUT2D eigenvalue weighted by Gasteiger charge is 2.34. The van der Waals surface area contributed by atoms with Gasteiger partial charge < -0.3 is 10.2 Å². The van der Waals surface area contributed by atoms with Crippen LogP contribution in [0.4, 0.5) is 10.1 Å². The number of halogens is 1. The number of nitrogens with one attached hydrogen (secondary N) is 1. The third kappa shape index (κ3) is 7.76. The Labute approximate surface area is 248 Å². The van der Waals surface area contributed by atoms with Gasteiger partial charge in [-0.3, -0.25) is 13.9 Å². The topological polar surface area (TPSA) is 86.8 Å². The number of hydrogen-bond acceptors (Lipinski definition) is 4. The number of sulfonamides is 1. The van der Waals surface area contributed by atoms with E-state index in [0.717, 1.165) is 47.5 Å². The molecule has 4 rings (SSSR count). The minimum absolute atomic E-state index is 0.0295. The molecule has 0 bridgehead atoms. The second-order valence-corrected chi connectivity index (χ2v) is 12.9. The van der Waals surface area contributed by atoms with E-state index in [0.29, 0.717) is 17.7 Å². The highest BCUT2D eigenvalue weighted by Crippen LogP contribution is 2.27. The summed E-state index contributed by atoms with van der Waals surface area (Å²) < 4.78 is 42.8. The fraction of sp³-hybridized carbons (Fsp3) is 0.394. The van der Waals surface area contributed by atoms with Crippen LogP contribution >= 0.6 is 0 Å². The summed E-state index contributed by atoms with van der Waals surface area (Å²) in [6.45, 7) is 5.10. The van der Waals surface area contributed by atoms with E-state index in [1.165, 1.54) is 29.2 Å². The van der Waals surface area contributed by atoms with Crippen molar-refractivity contribution >= 4 is 27.5 Å². The molecular weight excluding hydrogens is 553 g/mol. The van der Waals surface area contributed by atoms with Crippen molar-refractivity contribution in [3.8, 4) is 0 Å². The Morgan fingerprint density at radius 3 is 2.14 bits per heavy atom. The lowest BCUT2D eigenvalue weighted by molar-refractivity contribution is -0.140. The smallest absolute Gasteiger partial charge is 0.264 e. The van der Waals surface area contributed by atoms with Crippen LogP contribution in [0.3, 0.4) is 0 Å². The summed E-state index contributed by atoms with van der Waals surface area (Å²) >= 11 is 0. The summed E-state index contributed by atoms with van der Waals surface area (Å²) in [5.74, 6) is -1.19. The van der Waals surface area contributed by atoms with Gasteiger partial charge >= 0.3 is 0 Å². The molecule has 1 unspecified atom stereocenters. The van der Waals surface area contributed by atoms with Crippen LogP contribution in [0, 0.1) is 19.7 Å². The molecule has 0 aliphatic heterocycles. The van der Waals surface area contributed by atoms with Crippen molar-refractivity contribution < 1.29 is 22.4 Å². The first-order valence-electron chi connectivity index (χ1n) is 14.6. The van der Waals surface area contributed by atoms with Crippen molar-refractivity contribution in [2.24, 2.45) is 0 Å². The second-order valence-electron chi connectivity index (χ2n) is 11.1. The molecule has 1 aliphatic rings. The Balaban J connectivity index is 1.71. The van der Waals surface area contributed by atoms with E-state index in [4.69, 9.17) is 0 Å². The molecule has 1 saturated carbocycles. The number of aryl methyl sites for hydroxylation is 2. The van der Waals surface area contributed by atoms with Gasteiger partial charge in [0, 0.05) is 12.6 Å². The van der Waals surface area contributed by atoms with E-state index in [9.17, 15) is 22.4 Å². The maximum atomic E-state index is 14.2. The number of amides is 2. The van der Waals surface area contributed by atoms with Crippen LogP contribution < -0.4 is 9.62 Å². The highest BCUT2D eigenvalue weighted by atomic mass is 32.2. The lowest BCUT2D eigenvalue weighted by atomic mass is 9.95. The maximum Gasteiger partial charge on any atom is 0.264 e. The molecule has 9 heteroatoms. The van der Waals surface area contributed by atoms with Gasteiger partial charge in [0.2, 0.25) is 11.8 Å². The van der Waals surface area contributed by atoms with Crippen LogP contribution in [0.15, 0.2) is 77.7 Å². The van der Waals surface area contributed by atoms with Gasteiger partial charge in [-0.15, -0.1) is 0 Å². The first kappa shape index (κ1) is 31.2. The average molecular weight is 594 g/mol. The Morgan fingerprint density at radius 1 is 0.929 bits per heavy atom. The zero-order valence-electron chi connectivity index (χ0n) is 24.6. The van der Waals surface area contributed by atoms with Crippen molar-refractivity contribution in [1.82, 2.24) is 10.2 Å². The fourth-order valence-corrected chi connectivity index (χ4v) is 7.01. The Hall–Kier alpha value is -3.72. The standard InChI is InChI=1S/C33H40FN3O4S/c1-4-31(33(39)35-28-11-7-5-8-12-28)36(22-26-15-17-27(34)18-16-26)32(38)23-37(29-20-24(2)19-25(3)21-29)42(40,41)30-13-9-6-10-14-30/h6,9-10,13-21,28,31H,4-5,7-8,11-12,22-23H2,1-3H3,(H,35,39). The monoisotopic (exact) mass is 593 g/mol. The van der Waals surface area contributed by atoms with Crippen LogP contribution in [-0.4, -0.2) is 43.8 Å². The number of nitrogens with zero attached hydrogens (tertiary/aromatic N) is 2. The molecule has 1 N–H and O–H groups in total. The van der Waals surface area contributed by atoms with Gasteiger partial charge in [-0.2, -0.15) is 0 Å². The minimum Gasteiger partial charge on any atom is -0.352 e. The molecule has 224 valence electrons. The van der Waals surface area contributed by atoms with Gasteiger partial charge in [0.25, 0.3) is 10.0 Å². The number of anilines is 1. The molecule has 1 fully saturated rings. The summed E-state index contributed by atoms with van der Waals surface area (Å²) in [6, 6.07) is 18.4. The molecule has 0 radical (unpaired) electrons. The van der Waals surface area contributed by atoms with Gasteiger partial charge in [-0.25, -0.2) is 12.8 Å². The maximum absolute atomic E-state index is 14.2. The molecule has 0 aromatic heterocycles. The van der Waals surface area contributed by atoms with E-state index in [1.807, 2.05) is 26.8 Å². The van der Waals surface area contributed by atoms with Gasteiger partial charge in [0.05, 0.1) is 10.6 Å². The molecule has 3 aromatic rings.